The van der Waals surface area contributed by atoms with Crippen LogP contribution < -0.4 is 10.1 Å². The Hall–Kier alpha value is -2.84. The second-order valence-corrected chi connectivity index (χ2v) is 9.35. The van der Waals surface area contributed by atoms with Gasteiger partial charge in [-0.25, -0.2) is 13.4 Å². The van der Waals surface area contributed by atoms with E-state index in [4.69, 9.17) is 20.8 Å². The Labute approximate surface area is 186 Å². The second-order valence-electron chi connectivity index (χ2n) is 6.88. The summed E-state index contributed by atoms with van der Waals surface area (Å²) >= 11 is 6.05. The van der Waals surface area contributed by atoms with Gasteiger partial charge in [-0.2, -0.15) is 0 Å². The van der Waals surface area contributed by atoms with E-state index in [0.717, 1.165) is 5.75 Å². The Balaban J connectivity index is 1.63. The summed E-state index contributed by atoms with van der Waals surface area (Å²) in [5, 5.41) is 3.09. The van der Waals surface area contributed by atoms with Gasteiger partial charge in [0.05, 0.1) is 18.1 Å². The average molecular weight is 463 g/mol. The number of ether oxygens (including phenoxy) is 1. The van der Waals surface area contributed by atoms with Crippen LogP contribution in [0.25, 0.3) is 11.5 Å². The first-order valence-corrected chi connectivity index (χ1v) is 11.9. The number of hydrogen-bond acceptors (Lipinski definition) is 6. The smallest absolute Gasteiger partial charge is 0.235 e. The van der Waals surface area contributed by atoms with Crippen molar-refractivity contribution in [2.75, 3.05) is 12.4 Å². The predicted octanol–water partition coefficient (Wildman–Crippen LogP) is 3.93. The Morgan fingerprint density at radius 3 is 2.55 bits per heavy atom. The van der Waals surface area contributed by atoms with Crippen LogP contribution in [0.15, 0.2) is 52.9 Å². The quantitative estimate of drug-likeness (QED) is 0.517. The number of aryl methyl sites for hydroxylation is 1. The van der Waals surface area contributed by atoms with Crippen LogP contribution in [0.1, 0.15) is 23.9 Å². The van der Waals surface area contributed by atoms with E-state index in [-0.39, 0.29) is 12.2 Å². The van der Waals surface area contributed by atoms with Crippen LogP contribution >= 0.6 is 11.6 Å². The summed E-state index contributed by atoms with van der Waals surface area (Å²) in [7, 11) is -3.74. The molecule has 0 atom stereocenters. The van der Waals surface area contributed by atoms with Crippen molar-refractivity contribution in [1.29, 1.82) is 0 Å². The van der Waals surface area contributed by atoms with Gasteiger partial charge in [0.2, 0.25) is 11.8 Å². The van der Waals surface area contributed by atoms with Crippen molar-refractivity contribution in [2.24, 2.45) is 0 Å². The molecule has 31 heavy (non-hydrogen) atoms. The van der Waals surface area contributed by atoms with E-state index >= 15 is 0 Å². The van der Waals surface area contributed by atoms with Gasteiger partial charge in [-0.05, 0) is 49.7 Å². The number of halogens is 1. The van der Waals surface area contributed by atoms with Gasteiger partial charge in [0.25, 0.3) is 0 Å². The number of carbonyl (C=O) groups is 1. The maximum absolute atomic E-state index is 12.5. The number of benzene rings is 2. The number of nitrogens with one attached hydrogen (secondary N) is 1. The fraction of sp³-hybridized carbons (Fsp3) is 0.273. The number of sulfone groups is 1. The van der Waals surface area contributed by atoms with E-state index < -0.39 is 27.3 Å². The second kappa shape index (κ2) is 9.98. The topological polar surface area (TPSA) is 98.5 Å². The minimum absolute atomic E-state index is 0.152. The molecule has 164 valence electrons. The summed E-state index contributed by atoms with van der Waals surface area (Å²) in [6.07, 6.45) is 0. The number of amides is 1. The molecule has 7 nitrogen and oxygen atoms in total. The van der Waals surface area contributed by atoms with E-state index in [1.54, 1.807) is 55.5 Å². The number of rotatable bonds is 9. The Kier molecular flexibility index (Phi) is 7.35. The van der Waals surface area contributed by atoms with Gasteiger partial charge in [-0.15, -0.1) is 0 Å². The maximum atomic E-state index is 12.5. The molecule has 3 aromatic rings. The summed E-state index contributed by atoms with van der Waals surface area (Å²) in [5.74, 6) is -0.216. The van der Waals surface area contributed by atoms with Crippen molar-refractivity contribution in [3.05, 3.63) is 70.6 Å². The number of aromatic nitrogens is 1. The number of oxazole rings is 1. The third-order valence-electron chi connectivity index (χ3n) is 4.45. The van der Waals surface area contributed by atoms with Gasteiger partial charge in [-0.3, -0.25) is 4.79 Å². The monoisotopic (exact) mass is 462 g/mol. The molecule has 0 saturated carbocycles. The first kappa shape index (κ1) is 22.8. The van der Waals surface area contributed by atoms with Crippen molar-refractivity contribution in [3.63, 3.8) is 0 Å². The van der Waals surface area contributed by atoms with Crippen LogP contribution in [-0.4, -0.2) is 31.7 Å². The third-order valence-corrected chi connectivity index (χ3v) is 6.23. The predicted molar refractivity (Wildman–Crippen MR) is 119 cm³/mol. The molecule has 0 aliphatic heterocycles. The first-order valence-electron chi connectivity index (χ1n) is 9.67. The van der Waals surface area contributed by atoms with Crippen LogP contribution in [0.5, 0.6) is 5.75 Å². The van der Waals surface area contributed by atoms with Crippen molar-refractivity contribution >= 4 is 27.3 Å². The zero-order chi connectivity index (χ0) is 22.4. The molecule has 0 fully saturated rings. The third kappa shape index (κ3) is 6.32. The molecule has 0 unspecified atom stereocenters. The lowest BCUT2D eigenvalue weighted by Crippen LogP contribution is -2.30. The van der Waals surface area contributed by atoms with Crippen LogP contribution in [0.4, 0.5) is 0 Å². The molecule has 0 aliphatic carbocycles. The molecule has 3 rings (SSSR count). The summed E-state index contributed by atoms with van der Waals surface area (Å²) < 4.78 is 36.1. The minimum Gasteiger partial charge on any atom is -0.494 e. The standard InChI is InChI=1S/C22H23ClN2O5S/c1-3-29-18-10-8-16(9-11-18)22-25-20(15(2)30-22)13-31(27,28)14-21(26)24-12-17-6-4-5-7-19(17)23/h4-11H,3,12-14H2,1-2H3,(H,24,26). The molecule has 9 heteroatoms. The fourth-order valence-corrected chi connectivity index (χ4v) is 4.38. The zero-order valence-corrected chi connectivity index (χ0v) is 18.8. The first-order chi connectivity index (χ1) is 14.8. The van der Waals surface area contributed by atoms with Gasteiger partial charge < -0.3 is 14.5 Å². The Bertz CT molecular complexity index is 1160. The van der Waals surface area contributed by atoms with Gasteiger partial charge >= 0.3 is 0 Å². The molecular formula is C22H23ClN2O5S. The van der Waals surface area contributed by atoms with Gasteiger partial charge in [0.1, 0.15) is 17.3 Å². The lowest BCUT2D eigenvalue weighted by molar-refractivity contribution is -0.118. The lowest BCUT2D eigenvalue weighted by Gasteiger charge is -2.07. The Morgan fingerprint density at radius 1 is 1.16 bits per heavy atom. The Morgan fingerprint density at radius 2 is 1.87 bits per heavy atom. The molecular weight excluding hydrogens is 440 g/mol. The zero-order valence-electron chi connectivity index (χ0n) is 17.2. The van der Waals surface area contributed by atoms with E-state index in [1.165, 1.54) is 0 Å². The molecule has 2 aromatic carbocycles. The molecule has 1 aromatic heterocycles. The van der Waals surface area contributed by atoms with E-state index in [0.29, 0.717) is 34.4 Å². The number of carbonyl (C=O) groups excluding carboxylic acids is 1. The molecule has 0 spiro atoms. The normalized spacial score (nSPS) is 11.3. The number of nitrogens with zero attached hydrogens (tertiary/aromatic N) is 1. The van der Waals surface area contributed by atoms with E-state index in [9.17, 15) is 13.2 Å². The molecule has 1 N–H and O–H groups in total. The summed E-state index contributed by atoms with van der Waals surface area (Å²) in [4.78, 5) is 16.5. The maximum Gasteiger partial charge on any atom is 0.235 e. The summed E-state index contributed by atoms with van der Waals surface area (Å²) in [5.41, 5.74) is 1.69. The van der Waals surface area contributed by atoms with E-state index in [2.05, 4.69) is 10.3 Å². The average Bonchev–Trinajstić information content (AvgIpc) is 3.07. The van der Waals surface area contributed by atoms with Crippen LogP contribution in [0, 0.1) is 6.92 Å². The van der Waals surface area contributed by atoms with Crippen LogP contribution in [0.3, 0.4) is 0 Å². The highest BCUT2D eigenvalue weighted by Gasteiger charge is 2.22. The summed E-state index contributed by atoms with van der Waals surface area (Å²) in [6, 6.07) is 14.2. The van der Waals surface area contributed by atoms with Crippen molar-refractivity contribution < 1.29 is 22.4 Å². The number of hydrogen-bond donors (Lipinski definition) is 1. The van der Waals surface area contributed by atoms with Crippen molar-refractivity contribution in [3.8, 4) is 17.2 Å². The van der Waals surface area contributed by atoms with Crippen molar-refractivity contribution in [1.82, 2.24) is 10.3 Å². The molecule has 0 bridgehead atoms. The van der Waals surface area contributed by atoms with Crippen LogP contribution in [-0.2, 0) is 26.9 Å². The van der Waals surface area contributed by atoms with Gasteiger partial charge in [-0.1, -0.05) is 29.8 Å². The fourth-order valence-electron chi connectivity index (χ4n) is 2.89. The highest BCUT2D eigenvalue weighted by atomic mass is 35.5. The van der Waals surface area contributed by atoms with Crippen molar-refractivity contribution in [2.45, 2.75) is 26.1 Å². The van der Waals surface area contributed by atoms with Gasteiger partial charge in [0, 0.05) is 17.1 Å². The largest absolute Gasteiger partial charge is 0.494 e. The highest BCUT2D eigenvalue weighted by Crippen LogP contribution is 2.25. The highest BCUT2D eigenvalue weighted by molar-refractivity contribution is 7.91. The van der Waals surface area contributed by atoms with Crippen LogP contribution in [0.2, 0.25) is 5.02 Å². The molecule has 0 radical (unpaired) electrons. The molecule has 0 saturated heterocycles. The van der Waals surface area contributed by atoms with Gasteiger partial charge in [0.15, 0.2) is 9.84 Å². The summed E-state index contributed by atoms with van der Waals surface area (Å²) in [6.45, 7) is 4.26. The molecule has 1 amide bonds. The minimum atomic E-state index is -3.74. The lowest BCUT2D eigenvalue weighted by atomic mass is 10.2. The molecule has 0 aliphatic rings. The molecule has 1 heterocycles. The van der Waals surface area contributed by atoms with E-state index in [1.807, 2.05) is 6.92 Å². The SMILES string of the molecule is CCOc1ccc(-c2nc(CS(=O)(=O)CC(=O)NCc3ccccc3Cl)c(C)o2)cc1.